The van der Waals surface area contributed by atoms with Gasteiger partial charge in [0.25, 0.3) is 0 Å². The standard InChI is InChI=1S/C15H22N2O3/c1-10(13(18)19)9-16-14(20)17-12-8-6-5-7-11(12)15(2,3)4/h5-8,10H,9H2,1-4H3,(H,18,19)(H2,16,17,20). The number of carboxylic acids is 1. The van der Waals surface area contributed by atoms with E-state index < -0.39 is 17.9 Å². The van der Waals surface area contributed by atoms with Crippen LogP contribution in [0.4, 0.5) is 10.5 Å². The summed E-state index contributed by atoms with van der Waals surface area (Å²) in [4.78, 5) is 22.5. The molecule has 0 spiro atoms. The largest absolute Gasteiger partial charge is 0.481 e. The van der Waals surface area contributed by atoms with E-state index >= 15 is 0 Å². The van der Waals surface area contributed by atoms with E-state index in [0.29, 0.717) is 0 Å². The van der Waals surface area contributed by atoms with Crippen LogP contribution in [0.1, 0.15) is 33.3 Å². The number of carbonyl (C=O) groups is 2. The predicted octanol–water partition coefficient (Wildman–Crippen LogP) is 2.83. The topological polar surface area (TPSA) is 78.4 Å². The van der Waals surface area contributed by atoms with Gasteiger partial charge in [0.05, 0.1) is 5.92 Å². The summed E-state index contributed by atoms with van der Waals surface area (Å²) in [5.74, 6) is -1.54. The maximum Gasteiger partial charge on any atom is 0.319 e. The number of hydrogen-bond acceptors (Lipinski definition) is 2. The number of urea groups is 1. The van der Waals surface area contributed by atoms with Crippen molar-refractivity contribution in [2.24, 2.45) is 5.92 Å². The SMILES string of the molecule is CC(CNC(=O)Nc1ccccc1C(C)(C)C)C(=O)O. The van der Waals surface area contributed by atoms with Gasteiger partial charge in [0.15, 0.2) is 0 Å². The van der Waals surface area contributed by atoms with Gasteiger partial charge < -0.3 is 15.7 Å². The summed E-state index contributed by atoms with van der Waals surface area (Å²) < 4.78 is 0. The van der Waals surface area contributed by atoms with Crippen molar-refractivity contribution < 1.29 is 14.7 Å². The number of carboxylic acid groups (broad SMARTS) is 1. The summed E-state index contributed by atoms with van der Waals surface area (Å²) in [5, 5.41) is 14.1. The predicted molar refractivity (Wildman–Crippen MR) is 79.0 cm³/mol. The second-order valence-corrected chi connectivity index (χ2v) is 5.87. The van der Waals surface area contributed by atoms with Gasteiger partial charge in [0.1, 0.15) is 0 Å². The highest BCUT2D eigenvalue weighted by atomic mass is 16.4. The lowest BCUT2D eigenvalue weighted by atomic mass is 9.86. The first kappa shape index (κ1) is 16.0. The van der Waals surface area contributed by atoms with Crippen molar-refractivity contribution in [2.45, 2.75) is 33.1 Å². The molecule has 1 unspecified atom stereocenters. The number of para-hydroxylation sites is 1. The van der Waals surface area contributed by atoms with Gasteiger partial charge in [-0.05, 0) is 17.0 Å². The van der Waals surface area contributed by atoms with Gasteiger partial charge in [-0.1, -0.05) is 45.9 Å². The number of hydrogen-bond donors (Lipinski definition) is 3. The van der Waals surface area contributed by atoms with Crippen LogP contribution in [-0.2, 0) is 10.2 Å². The first-order valence-corrected chi connectivity index (χ1v) is 6.59. The number of aliphatic carboxylic acids is 1. The van der Waals surface area contributed by atoms with Gasteiger partial charge in [0.2, 0.25) is 0 Å². The van der Waals surface area contributed by atoms with E-state index in [9.17, 15) is 9.59 Å². The Morgan fingerprint density at radius 2 is 1.85 bits per heavy atom. The molecule has 0 radical (unpaired) electrons. The van der Waals surface area contributed by atoms with Crippen molar-refractivity contribution in [1.82, 2.24) is 5.32 Å². The van der Waals surface area contributed by atoms with Crippen LogP contribution in [0.3, 0.4) is 0 Å². The molecule has 1 atom stereocenters. The summed E-state index contributed by atoms with van der Waals surface area (Å²) in [6.45, 7) is 7.85. The van der Waals surface area contributed by atoms with Crippen LogP contribution >= 0.6 is 0 Å². The van der Waals surface area contributed by atoms with Crippen molar-refractivity contribution >= 4 is 17.7 Å². The Morgan fingerprint density at radius 1 is 1.25 bits per heavy atom. The van der Waals surface area contributed by atoms with Crippen LogP contribution < -0.4 is 10.6 Å². The van der Waals surface area contributed by atoms with Crippen LogP contribution in [0.2, 0.25) is 0 Å². The summed E-state index contributed by atoms with van der Waals surface area (Å²) in [6, 6.07) is 7.19. The van der Waals surface area contributed by atoms with Gasteiger partial charge in [-0.25, -0.2) is 4.79 Å². The minimum absolute atomic E-state index is 0.0851. The van der Waals surface area contributed by atoms with E-state index in [4.69, 9.17) is 5.11 Å². The molecule has 110 valence electrons. The number of benzene rings is 1. The maximum atomic E-state index is 11.8. The molecular weight excluding hydrogens is 256 g/mol. The molecule has 1 rings (SSSR count). The Labute approximate surface area is 119 Å². The molecule has 0 saturated carbocycles. The molecule has 1 aromatic rings. The number of anilines is 1. The lowest BCUT2D eigenvalue weighted by molar-refractivity contribution is -0.140. The smallest absolute Gasteiger partial charge is 0.319 e. The molecule has 3 N–H and O–H groups in total. The first-order chi connectivity index (χ1) is 9.21. The number of nitrogens with one attached hydrogen (secondary N) is 2. The Morgan fingerprint density at radius 3 is 2.40 bits per heavy atom. The van der Waals surface area contributed by atoms with Gasteiger partial charge in [-0.2, -0.15) is 0 Å². The highest BCUT2D eigenvalue weighted by molar-refractivity contribution is 5.90. The average molecular weight is 278 g/mol. The van der Waals surface area contributed by atoms with Crippen molar-refractivity contribution in [1.29, 1.82) is 0 Å². The molecule has 0 saturated heterocycles. The van der Waals surface area contributed by atoms with Crippen LogP contribution in [0, 0.1) is 5.92 Å². The lowest BCUT2D eigenvalue weighted by Gasteiger charge is -2.23. The summed E-state index contributed by atoms with van der Waals surface area (Å²) in [7, 11) is 0. The van der Waals surface area contributed by atoms with Crippen molar-refractivity contribution in [3.63, 3.8) is 0 Å². The van der Waals surface area contributed by atoms with Crippen LogP contribution in [-0.4, -0.2) is 23.7 Å². The Balaban J connectivity index is 2.70. The molecule has 1 aromatic carbocycles. The number of rotatable bonds is 4. The normalized spacial score (nSPS) is 12.6. The van der Waals surface area contributed by atoms with Crippen LogP contribution in [0.5, 0.6) is 0 Å². The third-order valence-electron chi connectivity index (χ3n) is 2.97. The summed E-state index contributed by atoms with van der Waals surface area (Å²) in [5.41, 5.74) is 1.68. The third-order valence-corrected chi connectivity index (χ3v) is 2.97. The van der Waals surface area contributed by atoms with Gasteiger partial charge in [-0.15, -0.1) is 0 Å². The zero-order valence-electron chi connectivity index (χ0n) is 12.4. The van der Waals surface area contributed by atoms with Crippen molar-refractivity contribution in [3.8, 4) is 0 Å². The fourth-order valence-electron chi connectivity index (χ4n) is 1.75. The van der Waals surface area contributed by atoms with E-state index in [0.717, 1.165) is 11.3 Å². The molecule has 5 nitrogen and oxygen atoms in total. The molecule has 2 amide bonds. The number of carbonyl (C=O) groups excluding carboxylic acids is 1. The molecule has 5 heteroatoms. The molecule has 0 bridgehead atoms. The van der Waals surface area contributed by atoms with Gasteiger partial charge in [-0.3, -0.25) is 4.79 Å². The zero-order valence-corrected chi connectivity index (χ0v) is 12.4. The molecule has 20 heavy (non-hydrogen) atoms. The van der Waals surface area contributed by atoms with Crippen LogP contribution in [0.15, 0.2) is 24.3 Å². The highest BCUT2D eigenvalue weighted by Gasteiger charge is 2.19. The fourth-order valence-corrected chi connectivity index (χ4v) is 1.75. The average Bonchev–Trinajstić information content (AvgIpc) is 2.35. The summed E-state index contributed by atoms with van der Waals surface area (Å²) >= 11 is 0. The third kappa shape index (κ3) is 4.57. The minimum atomic E-state index is -0.930. The molecule has 0 heterocycles. The molecular formula is C15H22N2O3. The first-order valence-electron chi connectivity index (χ1n) is 6.59. The van der Waals surface area contributed by atoms with E-state index in [1.807, 2.05) is 24.3 Å². The highest BCUT2D eigenvalue weighted by Crippen LogP contribution is 2.29. The second kappa shape index (κ2) is 6.41. The van der Waals surface area contributed by atoms with Gasteiger partial charge >= 0.3 is 12.0 Å². The monoisotopic (exact) mass is 278 g/mol. The molecule has 0 fully saturated rings. The molecule has 0 aliphatic rings. The van der Waals surface area contributed by atoms with E-state index in [-0.39, 0.29) is 12.0 Å². The van der Waals surface area contributed by atoms with Gasteiger partial charge in [0, 0.05) is 12.2 Å². The maximum absolute atomic E-state index is 11.8. The van der Waals surface area contributed by atoms with Crippen molar-refractivity contribution in [2.75, 3.05) is 11.9 Å². The second-order valence-electron chi connectivity index (χ2n) is 5.87. The Bertz CT molecular complexity index is 492. The molecule has 0 aliphatic heterocycles. The van der Waals surface area contributed by atoms with Crippen molar-refractivity contribution in [3.05, 3.63) is 29.8 Å². The fraction of sp³-hybridized carbons (Fsp3) is 0.467. The quantitative estimate of drug-likeness (QED) is 0.792. The Hall–Kier alpha value is -2.04. The zero-order chi connectivity index (χ0) is 15.3. The minimum Gasteiger partial charge on any atom is -0.481 e. The molecule has 0 aromatic heterocycles. The van der Waals surface area contributed by atoms with Crippen LogP contribution in [0.25, 0.3) is 0 Å². The lowest BCUT2D eigenvalue weighted by Crippen LogP contribution is -2.35. The summed E-state index contributed by atoms with van der Waals surface area (Å²) in [6.07, 6.45) is 0. The Kier molecular flexibility index (Phi) is 5.13. The number of amides is 2. The van der Waals surface area contributed by atoms with E-state index in [1.54, 1.807) is 6.92 Å². The molecule has 0 aliphatic carbocycles. The van der Waals surface area contributed by atoms with E-state index in [2.05, 4.69) is 31.4 Å². The van der Waals surface area contributed by atoms with E-state index in [1.165, 1.54) is 0 Å².